The van der Waals surface area contributed by atoms with E-state index in [2.05, 4.69) is 50.4 Å². The van der Waals surface area contributed by atoms with Crippen molar-refractivity contribution >= 4 is 11.8 Å². The number of aryl methyl sites for hydroxylation is 1. The quantitative estimate of drug-likeness (QED) is 0.903. The maximum absolute atomic E-state index is 11.7. The molecular weight excluding hydrogens is 264 g/mol. The van der Waals surface area contributed by atoms with Crippen LogP contribution in [0.2, 0.25) is 0 Å². The third kappa shape index (κ3) is 5.98. The first kappa shape index (κ1) is 17.2. The fourth-order valence-electron chi connectivity index (χ4n) is 1.85. The van der Waals surface area contributed by atoms with Gasteiger partial charge in [0.2, 0.25) is 11.8 Å². The van der Waals surface area contributed by atoms with Gasteiger partial charge in [-0.25, -0.2) is 0 Å². The molecule has 0 bridgehead atoms. The van der Waals surface area contributed by atoms with Gasteiger partial charge in [-0.3, -0.25) is 9.59 Å². The molecule has 0 spiro atoms. The molecule has 0 saturated heterocycles. The van der Waals surface area contributed by atoms with Crippen LogP contribution in [0.5, 0.6) is 0 Å². The molecule has 0 aliphatic carbocycles. The monoisotopic (exact) mass is 290 g/mol. The second kappa shape index (κ2) is 7.25. The Kier molecular flexibility index (Phi) is 5.94. The molecule has 0 aromatic heterocycles. The number of hydrogen-bond donors (Lipinski definition) is 1. The van der Waals surface area contributed by atoms with Crippen molar-refractivity contribution in [2.75, 3.05) is 20.6 Å². The van der Waals surface area contributed by atoms with Gasteiger partial charge in [-0.05, 0) is 23.0 Å². The number of likely N-dealkylation sites (N-methyl/N-ethyl adjacent to an activating group) is 1. The summed E-state index contributed by atoms with van der Waals surface area (Å²) in [5.41, 5.74) is 2.56. The van der Waals surface area contributed by atoms with Crippen molar-refractivity contribution in [2.45, 2.75) is 39.0 Å². The Hall–Kier alpha value is -1.84. The maximum atomic E-state index is 11.7. The van der Waals surface area contributed by atoms with E-state index in [0.29, 0.717) is 12.8 Å². The van der Waals surface area contributed by atoms with Crippen molar-refractivity contribution in [3.05, 3.63) is 35.4 Å². The molecule has 0 aliphatic heterocycles. The molecule has 0 saturated carbocycles. The highest BCUT2D eigenvalue weighted by atomic mass is 16.2. The molecule has 1 aromatic rings. The Balaban J connectivity index is 2.41. The molecule has 21 heavy (non-hydrogen) atoms. The number of carbonyl (C=O) groups is 2. The van der Waals surface area contributed by atoms with Gasteiger partial charge in [-0.2, -0.15) is 0 Å². The Morgan fingerprint density at radius 2 is 1.67 bits per heavy atom. The van der Waals surface area contributed by atoms with Crippen LogP contribution in [0.4, 0.5) is 0 Å². The molecule has 116 valence electrons. The molecule has 0 atom stereocenters. The second-order valence-electron chi connectivity index (χ2n) is 6.51. The van der Waals surface area contributed by atoms with Crippen molar-refractivity contribution in [1.82, 2.24) is 10.2 Å². The van der Waals surface area contributed by atoms with E-state index >= 15 is 0 Å². The van der Waals surface area contributed by atoms with Crippen LogP contribution < -0.4 is 5.32 Å². The van der Waals surface area contributed by atoms with Crippen LogP contribution in [0.3, 0.4) is 0 Å². The van der Waals surface area contributed by atoms with Crippen LogP contribution in [0.15, 0.2) is 24.3 Å². The molecule has 4 nitrogen and oxygen atoms in total. The summed E-state index contributed by atoms with van der Waals surface area (Å²) in [6.45, 7) is 6.60. The van der Waals surface area contributed by atoms with E-state index in [1.54, 1.807) is 14.1 Å². The summed E-state index contributed by atoms with van der Waals surface area (Å²) in [7, 11) is 3.34. The molecule has 1 aromatic carbocycles. The zero-order valence-corrected chi connectivity index (χ0v) is 13.7. The standard InChI is InChI=1S/C17H26N2O2/c1-17(2,3)14-9-6-13(7-10-14)8-11-15(20)18-12-16(21)19(4)5/h6-7,9-10H,8,11-12H2,1-5H3,(H,18,20). The third-order valence-electron chi connectivity index (χ3n) is 3.40. The number of amides is 2. The van der Waals surface area contributed by atoms with Gasteiger partial charge in [0.25, 0.3) is 0 Å². The lowest BCUT2D eigenvalue weighted by atomic mass is 9.86. The van der Waals surface area contributed by atoms with Crippen molar-refractivity contribution < 1.29 is 9.59 Å². The average Bonchev–Trinajstić information content (AvgIpc) is 2.41. The van der Waals surface area contributed by atoms with Gasteiger partial charge >= 0.3 is 0 Å². The van der Waals surface area contributed by atoms with E-state index in [1.807, 2.05) is 0 Å². The number of carbonyl (C=O) groups excluding carboxylic acids is 2. The molecule has 1 N–H and O–H groups in total. The van der Waals surface area contributed by atoms with E-state index in [4.69, 9.17) is 0 Å². The Morgan fingerprint density at radius 3 is 2.14 bits per heavy atom. The van der Waals surface area contributed by atoms with E-state index in [-0.39, 0.29) is 23.8 Å². The molecule has 2 amide bonds. The van der Waals surface area contributed by atoms with E-state index in [0.717, 1.165) is 5.56 Å². The molecule has 0 radical (unpaired) electrons. The minimum atomic E-state index is -0.0992. The van der Waals surface area contributed by atoms with E-state index < -0.39 is 0 Å². The molecular formula is C17H26N2O2. The summed E-state index contributed by atoms with van der Waals surface area (Å²) in [6.07, 6.45) is 1.09. The number of benzene rings is 1. The number of rotatable bonds is 5. The Morgan fingerprint density at radius 1 is 1.10 bits per heavy atom. The molecule has 0 aliphatic rings. The number of nitrogens with zero attached hydrogens (tertiary/aromatic N) is 1. The molecule has 1 rings (SSSR count). The predicted octanol–water partition coefficient (Wildman–Crippen LogP) is 2.12. The summed E-state index contributed by atoms with van der Waals surface area (Å²) in [4.78, 5) is 24.5. The summed E-state index contributed by atoms with van der Waals surface area (Å²) in [5, 5.41) is 2.64. The van der Waals surface area contributed by atoms with Crippen LogP contribution >= 0.6 is 0 Å². The fraction of sp³-hybridized carbons (Fsp3) is 0.529. The first-order valence-corrected chi connectivity index (χ1v) is 7.26. The van der Waals surface area contributed by atoms with E-state index in [9.17, 15) is 9.59 Å². The van der Waals surface area contributed by atoms with Gasteiger partial charge in [-0.1, -0.05) is 45.0 Å². The topological polar surface area (TPSA) is 49.4 Å². The molecule has 0 fully saturated rings. The van der Waals surface area contributed by atoms with Crippen LogP contribution in [-0.2, 0) is 21.4 Å². The zero-order chi connectivity index (χ0) is 16.0. The Bertz CT molecular complexity index is 485. The molecule has 0 heterocycles. The molecule has 4 heteroatoms. The van der Waals surface area contributed by atoms with Gasteiger partial charge in [0, 0.05) is 20.5 Å². The lowest BCUT2D eigenvalue weighted by molar-refractivity contribution is -0.130. The first-order chi connectivity index (χ1) is 9.70. The summed E-state index contributed by atoms with van der Waals surface area (Å²) in [5.74, 6) is -0.192. The largest absolute Gasteiger partial charge is 0.347 e. The number of nitrogens with one attached hydrogen (secondary N) is 1. The second-order valence-corrected chi connectivity index (χ2v) is 6.51. The maximum Gasteiger partial charge on any atom is 0.241 e. The fourth-order valence-corrected chi connectivity index (χ4v) is 1.85. The van der Waals surface area contributed by atoms with Crippen LogP contribution in [-0.4, -0.2) is 37.4 Å². The highest BCUT2D eigenvalue weighted by Crippen LogP contribution is 2.22. The van der Waals surface area contributed by atoms with Gasteiger partial charge in [0.1, 0.15) is 0 Å². The lowest BCUT2D eigenvalue weighted by Crippen LogP contribution is -2.36. The van der Waals surface area contributed by atoms with Gasteiger partial charge < -0.3 is 10.2 Å². The highest BCUT2D eigenvalue weighted by Gasteiger charge is 2.13. The van der Waals surface area contributed by atoms with Crippen LogP contribution in [0, 0.1) is 0 Å². The summed E-state index contributed by atoms with van der Waals surface area (Å²) < 4.78 is 0. The zero-order valence-electron chi connectivity index (χ0n) is 13.7. The normalized spacial score (nSPS) is 11.1. The van der Waals surface area contributed by atoms with Crippen molar-refractivity contribution in [3.63, 3.8) is 0 Å². The van der Waals surface area contributed by atoms with E-state index in [1.165, 1.54) is 10.5 Å². The molecule has 0 unspecified atom stereocenters. The SMILES string of the molecule is CN(C)C(=O)CNC(=O)CCc1ccc(C(C)(C)C)cc1. The van der Waals surface area contributed by atoms with Crippen molar-refractivity contribution in [1.29, 1.82) is 0 Å². The van der Waals surface area contributed by atoms with Gasteiger partial charge in [0.15, 0.2) is 0 Å². The van der Waals surface area contributed by atoms with Gasteiger partial charge in [0.05, 0.1) is 6.54 Å². The van der Waals surface area contributed by atoms with Crippen molar-refractivity contribution in [3.8, 4) is 0 Å². The highest BCUT2D eigenvalue weighted by molar-refractivity contribution is 5.84. The Labute approximate surface area is 127 Å². The smallest absolute Gasteiger partial charge is 0.241 e. The third-order valence-corrected chi connectivity index (χ3v) is 3.40. The lowest BCUT2D eigenvalue weighted by Gasteiger charge is -2.19. The predicted molar refractivity (Wildman–Crippen MR) is 85.2 cm³/mol. The van der Waals surface area contributed by atoms with Crippen molar-refractivity contribution in [2.24, 2.45) is 0 Å². The van der Waals surface area contributed by atoms with Crippen LogP contribution in [0.1, 0.15) is 38.3 Å². The summed E-state index contributed by atoms with van der Waals surface area (Å²) in [6, 6.07) is 8.36. The average molecular weight is 290 g/mol. The first-order valence-electron chi connectivity index (χ1n) is 7.26. The van der Waals surface area contributed by atoms with Crippen LogP contribution in [0.25, 0.3) is 0 Å². The number of hydrogen-bond acceptors (Lipinski definition) is 2. The van der Waals surface area contributed by atoms with Gasteiger partial charge in [-0.15, -0.1) is 0 Å². The summed E-state index contributed by atoms with van der Waals surface area (Å²) >= 11 is 0. The minimum Gasteiger partial charge on any atom is -0.347 e. The minimum absolute atomic E-state index is 0.0643.